The molecule has 0 fully saturated rings. The molecule has 1 aromatic rings. The molecule has 2 N–H and O–H groups in total. The van der Waals surface area contributed by atoms with Crippen molar-refractivity contribution in [1.82, 2.24) is 5.32 Å². The lowest BCUT2D eigenvalue weighted by atomic mass is 10.2. The molecule has 0 aliphatic carbocycles. The van der Waals surface area contributed by atoms with Crippen molar-refractivity contribution in [3.8, 4) is 0 Å². The molecule has 2 amide bonds. The number of rotatable bonds is 4. The van der Waals surface area contributed by atoms with Crippen LogP contribution in [0, 0.1) is 6.92 Å². The fraction of sp³-hybridized carbons (Fsp3) is 0.462. The Bertz CT molecular complexity index is 393. The van der Waals surface area contributed by atoms with E-state index in [0.29, 0.717) is 5.02 Å². The maximum Gasteiger partial charge on any atom is 0.319 e. The van der Waals surface area contributed by atoms with E-state index >= 15 is 0 Å². The highest BCUT2D eigenvalue weighted by atomic mass is 35.5. The molecule has 94 valence electrons. The number of aryl methyl sites for hydroxylation is 1. The van der Waals surface area contributed by atoms with Gasteiger partial charge in [0.25, 0.3) is 0 Å². The summed E-state index contributed by atoms with van der Waals surface area (Å²) in [6.07, 6.45) is 2.03. The third-order valence-electron chi connectivity index (χ3n) is 2.55. The van der Waals surface area contributed by atoms with Gasteiger partial charge in [0.2, 0.25) is 0 Å². The molecule has 0 heterocycles. The van der Waals surface area contributed by atoms with Crippen LogP contribution in [0.25, 0.3) is 0 Å². The van der Waals surface area contributed by atoms with Crippen LogP contribution >= 0.6 is 11.6 Å². The molecule has 0 saturated heterocycles. The van der Waals surface area contributed by atoms with Gasteiger partial charge >= 0.3 is 6.03 Å². The third-order valence-corrected chi connectivity index (χ3v) is 2.78. The predicted octanol–water partition coefficient (Wildman–Crippen LogP) is 3.96. The largest absolute Gasteiger partial charge is 0.335 e. The second-order valence-electron chi connectivity index (χ2n) is 4.25. The lowest BCUT2D eigenvalue weighted by Crippen LogP contribution is -2.36. The maximum atomic E-state index is 11.7. The summed E-state index contributed by atoms with van der Waals surface area (Å²) in [5.74, 6) is 0. The van der Waals surface area contributed by atoms with Gasteiger partial charge in [-0.05, 0) is 38.0 Å². The molecule has 1 aromatic carbocycles. The van der Waals surface area contributed by atoms with Gasteiger partial charge in [-0.15, -0.1) is 0 Å². The molecule has 0 radical (unpaired) electrons. The molecule has 0 aliphatic heterocycles. The summed E-state index contributed by atoms with van der Waals surface area (Å²) in [6.45, 7) is 6.02. The van der Waals surface area contributed by atoms with E-state index in [1.807, 2.05) is 19.9 Å². The normalized spacial score (nSPS) is 12.0. The Labute approximate surface area is 108 Å². The van der Waals surface area contributed by atoms with Gasteiger partial charge in [-0.25, -0.2) is 4.79 Å². The summed E-state index contributed by atoms with van der Waals surface area (Å²) in [5.41, 5.74) is 1.74. The second kappa shape index (κ2) is 6.50. The zero-order valence-electron chi connectivity index (χ0n) is 10.5. The lowest BCUT2D eigenvalue weighted by molar-refractivity contribution is 0.248. The zero-order valence-corrected chi connectivity index (χ0v) is 11.3. The molecule has 0 saturated carbocycles. The number of urea groups is 1. The van der Waals surface area contributed by atoms with Crippen molar-refractivity contribution < 1.29 is 4.79 Å². The summed E-state index contributed by atoms with van der Waals surface area (Å²) >= 11 is 5.88. The summed E-state index contributed by atoms with van der Waals surface area (Å²) < 4.78 is 0. The Morgan fingerprint density at radius 3 is 2.82 bits per heavy atom. The standard InChI is InChI=1S/C13H19ClN2O/c1-4-5-10(3)15-13(17)16-12-8-11(14)7-6-9(12)2/h6-8,10H,4-5H2,1-3H3,(H2,15,16,17). The molecule has 0 aliphatic rings. The van der Waals surface area contributed by atoms with Gasteiger partial charge in [0.1, 0.15) is 0 Å². The van der Waals surface area contributed by atoms with Crippen molar-refractivity contribution in [2.24, 2.45) is 0 Å². The number of carbonyl (C=O) groups excluding carboxylic acids is 1. The quantitative estimate of drug-likeness (QED) is 0.839. The molecule has 1 atom stereocenters. The minimum Gasteiger partial charge on any atom is -0.335 e. The predicted molar refractivity (Wildman–Crippen MR) is 72.7 cm³/mol. The number of halogens is 1. The minimum atomic E-state index is -0.184. The van der Waals surface area contributed by atoms with E-state index < -0.39 is 0 Å². The SMILES string of the molecule is CCCC(C)NC(=O)Nc1cc(Cl)ccc1C. The van der Waals surface area contributed by atoms with Gasteiger partial charge in [-0.2, -0.15) is 0 Å². The van der Waals surface area contributed by atoms with Crippen LogP contribution in [0.3, 0.4) is 0 Å². The molecule has 1 rings (SSSR count). The molecule has 0 aromatic heterocycles. The smallest absolute Gasteiger partial charge is 0.319 e. The minimum absolute atomic E-state index is 0.180. The monoisotopic (exact) mass is 254 g/mol. The zero-order chi connectivity index (χ0) is 12.8. The topological polar surface area (TPSA) is 41.1 Å². The van der Waals surface area contributed by atoms with Crippen LogP contribution in [0.15, 0.2) is 18.2 Å². The number of carbonyl (C=O) groups is 1. The van der Waals surface area contributed by atoms with E-state index in [1.165, 1.54) is 0 Å². The van der Waals surface area contributed by atoms with Gasteiger partial charge in [0.05, 0.1) is 0 Å². The van der Waals surface area contributed by atoms with Gasteiger partial charge in [0, 0.05) is 16.8 Å². The molecule has 3 nitrogen and oxygen atoms in total. The summed E-state index contributed by atoms with van der Waals surface area (Å²) in [5, 5.41) is 6.31. The maximum absolute atomic E-state index is 11.7. The molecule has 0 bridgehead atoms. The first kappa shape index (κ1) is 13.8. The Kier molecular flexibility index (Phi) is 5.29. The van der Waals surface area contributed by atoms with E-state index in [4.69, 9.17) is 11.6 Å². The molecular weight excluding hydrogens is 236 g/mol. The highest BCUT2D eigenvalue weighted by molar-refractivity contribution is 6.31. The fourth-order valence-corrected chi connectivity index (χ4v) is 1.79. The van der Waals surface area contributed by atoms with Crippen molar-refractivity contribution in [2.75, 3.05) is 5.32 Å². The summed E-state index contributed by atoms with van der Waals surface area (Å²) in [7, 11) is 0. The van der Waals surface area contributed by atoms with Crippen LogP contribution in [0.4, 0.5) is 10.5 Å². The van der Waals surface area contributed by atoms with E-state index in [2.05, 4.69) is 17.6 Å². The van der Waals surface area contributed by atoms with E-state index in [-0.39, 0.29) is 12.1 Å². The molecule has 4 heteroatoms. The summed E-state index contributed by atoms with van der Waals surface area (Å²) in [4.78, 5) is 11.7. The average Bonchev–Trinajstić information content (AvgIpc) is 2.23. The van der Waals surface area contributed by atoms with Gasteiger partial charge in [-0.1, -0.05) is 31.0 Å². The van der Waals surface area contributed by atoms with E-state index in [9.17, 15) is 4.79 Å². The van der Waals surface area contributed by atoms with Crippen LogP contribution in [0.1, 0.15) is 32.3 Å². The highest BCUT2D eigenvalue weighted by Gasteiger charge is 2.08. The first-order chi connectivity index (χ1) is 8.02. The van der Waals surface area contributed by atoms with Crippen LogP contribution < -0.4 is 10.6 Å². The van der Waals surface area contributed by atoms with Crippen molar-refractivity contribution >= 4 is 23.3 Å². The molecular formula is C13H19ClN2O. The van der Waals surface area contributed by atoms with E-state index in [0.717, 1.165) is 24.1 Å². The van der Waals surface area contributed by atoms with Crippen LogP contribution in [0.2, 0.25) is 5.02 Å². The number of nitrogens with one attached hydrogen (secondary N) is 2. The van der Waals surface area contributed by atoms with Crippen molar-refractivity contribution in [3.63, 3.8) is 0 Å². The molecule has 17 heavy (non-hydrogen) atoms. The third kappa shape index (κ3) is 4.65. The van der Waals surface area contributed by atoms with Gasteiger partial charge < -0.3 is 10.6 Å². The van der Waals surface area contributed by atoms with Crippen molar-refractivity contribution in [3.05, 3.63) is 28.8 Å². The van der Waals surface area contributed by atoms with Crippen LogP contribution in [0.5, 0.6) is 0 Å². The number of anilines is 1. The summed E-state index contributed by atoms with van der Waals surface area (Å²) in [6, 6.07) is 5.43. The first-order valence-corrected chi connectivity index (χ1v) is 6.24. The van der Waals surface area contributed by atoms with Gasteiger partial charge in [-0.3, -0.25) is 0 Å². The Morgan fingerprint density at radius 1 is 1.47 bits per heavy atom. The molecule has 0 spiro atoms. The second-order valence-corrected chi connectivity index (χ2v) is 4.68. The number of hydrogen-bond acceptors (Lipinski definition) is 1. The van der Waals surface area contributed by atoms with Crippen molar-refractivity contribution in [1.29, 1.82) is 0 Å². The van der Waals surface area contributed by atoms with Gasteiger partial charge in [0.15, 0.2) is 0 Å². The Hall–Kier alpha value is -1.22. The lowest BCUT2D eigenvalue weighted by Gasteiger charge is -2.14. The molecule has 1 unspecified atom stereocenters. The Morgan fingerprint density at radius 2 is 2.18 bits per heavy atom. The number of benzene rings is 1. The number of amides is 2. The Balaban J connectivity index is 2.58. The average molecular weight is 255 g/mol. The fourth-order valence-electron chi connectivity index (χ4n) is 1.62. The van der Waals surface area contributed by atoms with Crippen LogP contribution in [-0.4, -0.2) is 12.1 Å². The van der Waals surface area contributed by atoms with Crippen LogP contribution in [-0.2, 0) is 0 Å². The van der Waals surface area contributed by atoms with E-state index in [1.54, 1.807) is 12.1 Å². The number of hydrogen-bond donors (Lipinski definition) is 2. The van der Waals surface area contributed by atoms with Crippen molar-refractivity contribution in [2.45, 2.75) is 39.7 Å². The first-order valence-electron chi connectivity index (χ1n) is 5.86. The highest BCUT2D eigenvalue weighted by Crippen LogP contribution is 2.19.